The van der Waals surface area contributed by atoms with Crippen molar-refractivity contribution in [1.29, 1.82) is 0 Å². The molecule has 3 aliphatic heterocycles. The highest BCUT2D eigenvalue weighted by Gasteiger charge is 2.45. The monoisotopic (exact) mass is 390 g/mol. The van der Waals surface area contributed by atoms with E-state index >= 15 is 0 Å². The molecule has 4 nitrogen and oxygen atoms in total. The summed E-state index contributed by atoms with van der Waals surface area (Å²) in [6.45, 7) is 0.816. The highest BCUT2D eigenvalue weighted by atomic mass is 16.5. The lowest BCUT2D eigenvalue weighted by Gasteiger charge is -2.47. The van der Waals surface area contributed by atoms with Crippen molar-refractivity contribution in [3.05, 3.63) is 65.7 Å². The van der Waals surface area contributed by atoms with Crippen molar-refractivity contribution < 1.29 is 9.53 Å². The van der Waals surface area contributed by atoms with Crippen molar-refractivity contribution in [3.63, 3.8) is 0 Å². The normalized spacial score (nSPS) is 29.0. The molecule has 1 amide bonds. The molecular weight excluding hydrogens is 360 g/mol. The number of piperidine rings is 1. The van der Waals surface area contributed by atoms with Crippen molar-refractivity contribution in [2.45, 2.75) is 62.6 Å². The van der Waals surface area contributed by atoms with Crippen LogP contribution in [0.3, 0.4) is 0 Å². The second-order valence-corrected chi connectivity index (χ2v) is 8.89. The molecule has 0 aromatic heterocycles. The summed E-state index contributed by atoms with van der Waals surface area (Å²) in [5.74, 6) is 1.87. The first-order valence-corrected chi connectivity index (χ1v) is 10.9. The van der Waals surface area contributed by atoms with Gasteiger partial charge in [0.2, 0.25) is 5.91 Å². The summed E-state index contributed by atoms with van der Waals surface area (Å²) in [7, 11) is 1.69. The van der Waals surface area contributed by atoms with Gasteiger partial charge in [-0.3, -0.25) is 9.69 Å². The molecule has 3 saturated heterocycles. The zero-order chi connectivity index (χ0) is 19.8. The summed E-state index contributed by atoms with van der Waals surface area (Å²) in [6.07, 6.45) is 6.63. The topological polar surface area (TPSA) is 32.8 Å². The molecule has 2 aromatic rings. The molecule has 3 heterocycles. The second kappa shape index (κ2) is 7.83. The summed E-state index contributed by atoms with van der Waals surface area (Å²) < 4.78 is 5.25. The number of carbonyl (C=O) groups excluding carboxylic acids is 1. The summed E-state index contributed by atoms with van der Waals surface area (Å²) >= 11 is 0. The smallest absolute Gasteiger partial charge is 0.225 e. The molecule has 5 rings (SSSR count). The quantitative estimate of drug-likeness (QED) is 0.693. The molecule has 29 heavy (non-hydrogen) atoms. The maximum atomic E-state index is 12.4. The van der Waals surface area contributed by atoms with Gasteiger partial charge in [-0.1, -0.05) is 42.5 Å². The minimum atomic E-state index is 0.313. The Labute approximate surface area is 173 Å². The number of nitrogens with zero attached hydrogens (tertiary/aromatic N) is 2. The summed E-state index contributed by atoms with van der Waals surface area (Å²) in [4.78, 5) is 17.2. The Hall–Kier alpha value is -2.33. The van der Waals surface area contributed by atoms with Gasteiger partial charge in [-0.2, -0.15) is 0 Å². The Bertz CT molecular complexity index is 837. The van der Waals surface area contributed by atoms with Crippen LogP contribution in [0.5, 0.6) is 5.75 Å². The van der Waals surface area contributed by atoms with E-state index < -0.39 is 0 Å². The van der Waals surface area contributed by atoms with Crippen LogP contribution in [0.15, 0.2) is 54.6 Å². The maximum Gasteiger partial charge on any atom is 0.225 e. The Balaban J connectivity index is 1.22. The number of fused-ring (bicyclic) bond motifs is 2. The standard InChI is InChI=1S/C25H30N2O2/c1-29-24-11-7-18(8-12-24)13-23-16-25(28)27(23)17-26-21-9-10-22(26)15-20(14-21)19-5-3-2-4-6-19/h2-8,11-12,20-23H,9-10,13-17H2,1H3/t20?,21-,22+,23?. The minimum absolute atomic E-state index is 0.313. The largest absolute Gasteiger partial charge is 0.497 e. The third-order valence-corrected chi connectivity index (χ3v) is 7.27. The van der Waals surface area contributed by atoms with E-state index in [1.54, 1.807) is 7.11 Å². The van der Waals surface area contributed by atoms with Gasteiger partial charge in [-0.05, 0) is 61.3 Å². The summed E-state index contributed by atoms with van der Waals surface area (Å²) in [5.41, 5.74) is 2.76. The van der Waals surface area contributed by atoms with Gasteiger partial charge in [-0.15, -0.1) is 0 Å². The van der Waals surface area contributed by atoms with E-state index in [0.717, 1.165) is 18.8 Å². The van der Waals surface area contributed by atoms with Crippen LogP contribution in [0.25, 0.3) is 0 Å². The fraction of sp³-hybridized carbons (Fsp3) is 0.480. The SMILES string of the molecule is COc1ccc(CC2CC(=O)N2CN2[C@@H]3CC[C@H]2CC(c2ccccc2)C3)cc1. The van der Waals surface area contributed by atoms with E-state index in [2.05, 4.69) is 52.3 Å². The number of β-lactam (4-membered cyclic amide) rings is 1. The molecule has 3 fully saturated rings. The van der Waals surface area contributed by atoms with Crippen LogP contribution in [0, 0.1) is 0 Å². The Morgan fingerprint density at radius 3 is 2.28 bits per heavy atom. The van der Waals surface area contributed by atoms with Gasteiger partial charge in [0.1, 0.15) is 5.75 Å². The molecule has 2 unspecified atom stereocenters. The first kappa shape index (κ1) is 18.7. The van der Waals surface area contributed by atoms with Crippen LogP contribution in [0.1, 0.15) is 49.1 Å². The fourth-order valence-corrected chi connectivity index (χ4v) is 5.61. The van der Waals surface area contributed by atoms with Crippen molar-refractivity contribution >= 4 is 5.91 Å². The third-order valence-electron chi connectivity index (χ3n) is 7.27. The molecule has 2 bridgehead atoms. The molecule has 2 aromatic carbocycles. The summed E-state index contributed by atoms with van der Waals surface area (Å²) in [5, 5.41) is 0. The number of carbonyl (C=O) groups is 1. The number of hydrogen-bond donors (Lipinski definition) is 0. The average Bonchev–Trinajstić information content (AvgIpc) is 2.99. The van der Waals surface area contributed by atoms with E-state index in [0.29, 0.717) is 36.4 Å². The van der Waals surface area contributed by atoms with Gasteiger partial charge < -0.3 is 9.64 Å². The van der Waals surface area contributed by atoms with Crippen LogP contribution in [0.4, 0.5) is 0 Å². The lowest BCUT2D eigenvalue weighted by atomic mass is 9.85. The van der Waals surface area contributed by atoms with Crippen molar-refractivity contribution in [2.24, 2.45) is 0 Å². The van der Waals surface area contributed by atoms with E-state index in [9.17, 15) is 4.79 Å². The predicted octanol–water partition coefficient (Wildman–Crippen LogP) is 4.21. The lowest BCUT2D eigenvalue weighted by Crippen LogP contribution is -2.59. The van der Waals surface area contributed by atoms with Crippen LogP contribution < -0.4 is 4.74 Å². The highest BCUT2D eigenvalue weighted by molar-refractivity contribution is 5.83. The highest BCUT2D eigenvalue weighted by Crippen LogP contribution is 2.43. The van der Waals surface area contributed by atoms with Gasteiger partial charge in [0, 0.05) is 24.5 Å². The molecule has 0 aliphatic carbocycles. The second-order valence-electron chi connectivity index (χ2n) is 8.89. The van der Waals surface area contributed by atoms with E-state index in [4.69, 9.17) is 4.74 Å². The number of methoxy groups -OCH3 is 1. The van der Waals surface area contributed by atoms with Gasteiger partial charge in [0.05, 0.1) is 13.8 Å². The van der Waals surface area contributed by atoms with E-state index in [1.165, 1.54) is 36.8 Å². The Morgan fingerprint density at radius 1 is 0.966 bits per heavy atom. The molecule has 152 valence electrons. The van der Waals surface area contributed by atoms with E-state index in [1.807, 2.05) is 12.1 Å². The van der Waals surface area contributed by atoms with E-state index in [-0.39, 0.29) is 0 Å². The van der Waals surface area contributed by atoms with Gasteiger partial charge in [0.15, 0.2) is 0 Å². The van der Waals surface area contributed by atoms with Crippen LogP contribution in [0.2, 0.25) is 0 Å². The summed E-state index contributed by atoms with van der Waals surface area (Å²) in [6, 6.07) is 20.8. The Morgan fingerprint density at radius 2 is 1.66 bits per heavy atom. The number of rotatable bonds is 6. The van der Waals surface area contributed by atoms with Crippen LogP contribution in [-0.2, 0) is 11.2 Å². The number of benzene rings is 2. The number of likely N-dealkylation sites (tertiary alicyclic amines) is 1. The molecule has 0 N–H and O–H groups in total. The third kappa shape index (κ3) is 3.66. The zero-order valence-electron chi connectivity index (χ0n) is 17.2. The maximum absolute atomic E-state index is 12.4. The lowest BCUT2D eigenvalue weighted by molar-refractivity contribution is -0.151. The van der Waals surface area contributed by atoms with Gasteiger partial charge in [-0.25, -0.2) is 0 Å². The molecule has 0 saturated carbocycles. The van der Waals surface area contributed by atoms with Crippen molar-refractivity contribution in [1.82, 2.24) is 9.80 Å². The Kier molecular flexibility index (Phi) is 5.04. The first-order valence-electron chi connectivity index (χ1n) is 10.9. The molecular formula is C25H30N2O2. The van der Waals surface area contributed by atoms with Crippen LogP contribution >= 0.6 is 0 Å². The predicted molar refractivity (Wildman–Crippen MR) is 114 cm³/mol. The number of hydrogen-bond acceptors (Lipinski definition) is 3. The van der Waals surface area contributed by atoms with Crippen molar-refractivity contribution in [3.8, 4) is 5.75 Å². The average molecular weight is 391 g/mol. The molecule has 0 spiro atoms. The molecule has 4 heteroatoms. The van der Waals surface area contributed by atoms with Gasteiger partial charge >= 0.3 is 0 Å². The number of ether oxygens (including phenoxy) is 1. The van der Waals surface area contributed by atoms with Crippen molar-refractivity contribution in [2.75, 3.05) is 13.8 Å². The molecule has 4 atom stereocenters. The number of amides is 1. The van der Waals surface area contributed by atoms with Gasteiger partial charge in [0.25, 0.3) is 0 Å². The zero-order valence-corrected chi connectivity index (χ0v) is 17.2. The molecule has 0 radical (unpaired) electrons. The molecule has 3 aliphatic rings. The van der Waals surface area contributed by atoms with Crippen LogP contribution in [-0.4, -0.2) is 47.6 Å². The minimum Gasteiger partial charge on any atom is -0.497 e. The fourth-order valence-electron chi connectivity index (χ4n) is 5.61. The first-order chi connectivity index (χ1) is 14.2.